The summed E-state index contributed by atoms with van der Waals surface area (Å²) in [6.07, 6.45) is 2.31. The van der Waals surface area contributed by atoms with Gasteiger partial charge < -0.3 is 20.2 Å². The van der Waals surface area contributed by atoms with Crippen LogP contribution in [0, 0.1) is 10.1 Å². The fraction of sp³-hybridized carbons (Fsp3) is 0.214. The second-order valence-corrected chi connectivity index (χ2v) is 4.19. The predicted molar refractivity (Wildman–Crippen MR) is 76.1 cm³/mol. The summed E-state index contributed by atoms with van der Waals surface area (Å²) in [5.74, 6) is 0.687. The van der Waals surface area contributed by atoms with Crippen molar-refractivity contribution in [2.45, 2.75) is 6.42 Å². The normalized spacial score (nSPS) is 10.1. The molecule has 2 aromatic rings. The molecule has 0 unspecified atom stereocenters. The van der Waals surface area contributed by atoms with E-state index in [0.717, 1.165) is 24.4 Å². The minimum Gasteiger partial charge on any atom is -0.497 e. The largest absolute Gasteiger partial charge is 0.497 e. The average Bonchev–Trinajstić information content (AvgIpc) is 2.48. The fourth-order valence-corrected chi connectivity index (χ4v) is 1.74. The summed E-state index contributed by atoms with van der Waals surface area (Å²) in [6.45, 7) is 0.728. The molecular formula is C14H15N3O3. The maximum Gasteiger partial charge on any atom is 0.363 e. The van der Waals surface area contributed by atoms with Gasteiger partial charge in [-0.2, -0.15) is 0 Å². The third kappa shape index (κ3) is 3.68. The lowest BCUT2D eigenvalue weighted by molar-refractivity contribution is -0.389. The van der Waals surface area contributed by atoms with Crippen LogP contribution in [0.5, 0.6) is 5.75 Å². The van der Waals surface area contributed by atoms with Crippen molar-refractivity contribution >= 4 is 11.5 Å². The third-order valence-electron chi connectivity index (χ3n) is 2.84. The zero-order valence-electron chi connectivity index (χ0n) is 11.1. The van der Waals surface area contributed by atoms with Crippen molar-refractivity contribution < 1.29 is 9.66 Å². The third-order valence-corrected chi connectivity index (χ3v) is 2.84. The molecule has 0 fully saturated rings. The van der Waals surface area contributed by atoms with Gasteiger partial charge in [-0.3, -0.25) is 0 Å². The van der Waals surface area contributed by atoms with Gasteiger partial charge in [-0.1, -0.05) is 12.1 Å². The van der Waals surface area contributed by atoms with E-state index in [0.29, 0.717) is 0 Å². The van der Waals surface area contributed by atoms with Gasteiger partial charge in [0, 0.05) is 12.6 Å². The Kier molecular flexibility index (Phi) is 4.49. The van der Waals surface area contributed by atoms with E-state index in [2.05, 4.69) is 10.3 Å². The van der Waals surface area contributed by atoms with Crippen molar-refractivity contribution in [3.63, 3.8) is 0 Å². The van der Waals surface area contributed by atoms with Crippen LogP contribution < -0.4 is 10.1 Å². The molecule has 1 heterocycles. The van der Waals surface area contributed by atoms with Crippen LogP contribution in [0.3, 0.4) is 0 Å². The van der Waals surface area contributed by atoms with Crippen molar-refractivity contribution in [2.24, 2.45) is 0 Å². The number of benzene rings is 1. The van der Waals surface area contributed by atoms with Crippen LogP contribution in [0.25, 0.3) is 0 Å². The fourth-order valence-electron chi connectivity index (χ4n) is 1.74. The highest BCUT2D eigenvalue weighted by Crippen LogP contribution is 2.13. The molecule has 0 bridgehead atoms. The smallest absolute Gasteiger partial charge is 0.363 e. The van der Waals surface area contributed by atoms with Crippen LogP contribution in [-0.2, 0) is 6.42 Å². The molecule has 0 saturated heterocycles. The highest BCUT2D eigenvalue weighted by Gasteiger charge is 2.05. The lowest BCUT2D eigenvalue weighted by atomic mass is 10.1. The van der Waals surface area contributed by atoms with E-state index in [-0.39, 0.29) is 5.82 Å². The predicted octanol–water partition coefficient (Wildman–Crippen LogP) is 2.65. The van der Waals surface area contributed by atoms with Crippen LogP contribution in [0.4, 0.5) is 11.5 Å². The van der Waals surface area contributed by atoms with Gasteiger partial charge in [-0.05, 0) is 40.1 Å². The maximum absolute atomic E-state index is 10.5. The molecule has 1 N–H and O–H groups in total. The topological polar surface area (TPSA) is 77.3 Å². The Morgan fingerprint density at radius 2 is 2.00 bits per heavy atom. The molecule has 6 nitrogen and oxygen atoms in total. The molecule has 0 aliphatic rings. The quantitative estimate of drug-likeness (QED) is 0.646. The van der Waals surface area contributed by atoms with Crippen molar-refractivity contribution in [1.29, 1.82) is 0 Å². The first-order valence-electron chi connectivity index (χ1n) is 6.16. The Hall–Kier alpha value is -2.63. The molecule has 2 rings (SSSR count). The number of hydrogen-bond donors (Lipinski definition) is 1. The number of aromatic nitrogens is 1. The van der Waals surface area contributed by atoms with Gasteiger partial charge in [0.05, 0.1) is 12.8 Å². The summed E-state index contributed by atoms with van der Waals surface area (Å²) < 4.78 is 5.09. The van der Waals surface area contributed by atoms with Crippen molar-refractivity contribution in [2.75, 3.05) is 19.0 Å². The molecule has 0 atom stereocenters. The lowest BCUT2D eigenvalue weighted by Crippen LogP contribution is -2.05. The van der Waals surface area contributed by atoms with Gasteiger partial charge in [0.1, 0.15) is 5.75 Å². The molecule has 0 aliphatic carbocycles. The zero-order valence-corrected chi connectivity index (χ0v) is 11.1. The lowest BCUT2D eigenvalue weighted by Gasteiger charge is -2.06. The van der Waals surface area contributed by atoms with Crippen LogP contribution in [-0.4, -0.2) is 23.6 Å². The summed E-state index contributed by atoms with van der Waals surface area (Å²) in [6, 6.07) is 10.9. The molecule has 104 valence electrons. The van der Waals surface area contributed by atoms with Crippen LogP contribution in [0.1, 0.15) is 5.56 Å². The summed E-state index contributed by atoms with van der Waals surface area (Å²) in [4.78, 5) is 13.7. The Morgan fingerprint density at radius 1 is 1.25 bits per heavy atom. The molecule has 1 aromatic carbocycles. The molecular weight excluding hydrogens is 258 g/mol. The second-order valence-electron chi connectivity index (χ2n) is 4.19. The molecule has 1 aromatic heterocycles. The molecule has 6 heteroatoms. The minimum atomic E-state index is -0.513. The Morgan fingerprint density at radius 3 is 2.55 bits per heavy atom. The first-order valence-corrected chi connectivity index (χ1v) is 6.16. The molecule has 0 amide bonds. The summed E-state index contributed by atoms with van der Waals surface area (Å²) in [5, 5.41) is 13.6. The molecule has 0 saturated carbocycles. The van der Waals surface area contributed by atoms with Gasteiger partial charge >= 0.3 is 5.82 Å². The number of hydrogen-bond acceptors (Lipinski definition) is 5. The number of rotatable bonds is 6. The van der Waals surface area contributed by atoms with E-state index in [1.807, 2.05) is 24.3 Å². The summed E-state index contributed by atoms with van der Waals surface area (Å²) in [5.41, 5.74) is 1.96. The first kappa shape index (κ1) is 13.8. The number of methoxy groups -OCH3 is 1. The van der Waals surface area contributed by atoms with Crippen molar-refractivity contribution in [3.8, 4) is 5.75 Å². The van der Waals surface area contributed by atoms with Gasteiger partial charge in [0.15, 0.2) is 6.20 Å². The van der Waals surface area contributed by atoms with E-state index < -0.39 is 4.92 Å². The van der Waals surface area contributed by atoms with Crippen LogP contribution in [0.15, 0.2) is 42.6 Å². The standard InChI is InChI=1S/C14H15N3O3/c1-20-13-5-2-11(3-6-13)8-9-15-12-4-7-14(16-10-12)17(18)19/h2-7,10,15H,8-9H2,1H3. The van der Waals surface area contributed by atoms with Gasteiger partial charge in [-0.15, -0.1) is 0 Å². The number of anilines is 1. The van der Waals surface area contributed by atoms with E-state index in [1.165, 1.54) is 17.8 Å². The first-order chi connectivity index (χ1) is 9.69. The second kappa shape index (κ2) is 6.51. The van der Waals surface area contributed by atoms with Crippen LogP contribution >= 0.6 is 0 Å². The highest BCUT2D eigenvalue weighted by molar-refractivity contribution is 5.43. The maximum atomic E-state index is 10.5. The average molecular weight is 273 g/mol. The summed E-state index contributed by atoms with van der Waals surface area (Å²) >= 11 is 0. The molecule has 20 heavy (non-hydrogen) atoms. The minimum absolute atomic E-state index is 0.147. The van der Waals surface area contributed by atoms with E-state index >= 15 is 0 Å². The summed E-state index contributed by atoms with van der Waals surface area (Å²) in [7, 11) is 1.64. The molecule has 0 aliphatic heterocycles. The van der Waals surface area contributed by atoms with E-state index in [9.17, 15) is 10.1 Å². The number of pyridine rings is 1. The number of nitro groups is 1. The van der Waals surface area contributed by atoms with Crippen LogP contribution in [0.2, 0.25) is 0 Å². The van der Waals surface area contributed by atoms with Gasteiger partial charge in [0.2, 0.25) is 0 Å². The van der Waals surface area contributed by atoms with E-state index in [1.54, 1.807) is 13.2 Å². The number of nitrogens with one attached hydrogen (secondary N) is 1. The van der Waals surface area contributed by atoms with Gasteiger partial charge in [0.25, 0.3) is 0 Å². The van der Waals surface area contributed by atoms with Crippen molar-refractivity contribution in [1.82, 2.24) is 4.98 Å². The number of ether oxygens (including phenoxy) is 1. The Balaban J connectivity index is 1.84. The molecule has 0 radical (unpaired) electrons. The Bertz CT molecular complexity index is 567. The SMILES string of the molecule is COc1ccc(CCNc2ccc([N+](=O)[O-])nc2)cc1. The molecule has 0 spiro atoms. The van der Waals surface area contributed by atoms with Crippen molar-refractivity contribution in [3.05, 3.63) is 58.3 Å². The monoisotopic (exact) mass is 273 g/mol. The van der Waals surface area contributed by atoms with Gasteiger partial charge in [-0.25, -0.2) is 0 Å². The number of nitrogens with zero attached hydrogens (tertiary/aromatic N) is 2. The zero-order chi connectivity index (χ0) is 14.4. The van der Waals surface area contributed by atoms with E-state index in [4.69, 9.17) is 4.74 Å². The Labute approximate surface area is 116 Å². The highest BCUT2D eigenvalue weighted by atomic mass is 16.6.